The lowest BCUT2D eigenvalue weighted by Crippen LogP contribution is -2.30. The predicted molar refractivity (Wildman–Crippen MR) is 84.4 cm³/mol. The largest absolute Gasteiger partial charge is 0.376 e. The lowest BCUT2D eigenvalue weighted by Gasteiger charge is -2.30. The summed E-state index contributed by atoms with van der Waals surface area (Å²) in [6.45, 7) is 2.13. The summed E-state index contributed by atoms with van der Waals surface area (Å²) < 4.78 is 25.7. The van der Waals surface area contributed by atoms with Crippen molar-refractivity contribution in [3.8, 4) is 0 Å². The van der Waals surface area contributed by atoms with Crippen LogP contribution < -0.4 is 10.0 Å². The van der Waals surface area contributed by atoms with Crippen molar-refractivity contribution in [3.05, 3.63) is 28.3 Å². The Morgan fingerprint density at radius 2 is 1.95 bits per heavy atom. The van der Waals surface area contributed by atoms with Gasteiger partial charge in [-0.1, -0.05) is 19.8 Å². The van der Waals surface area contributed by atoms with Crippen LogP contribution in [0.3, 0.4) is 0 Å². The maximum Gasteiger partial charge on any atom is 0.293 e. The SMILES string of the molecule is CNS(=O)(=O)c1ccc(N[C@H]2CCCC[C@@H]2C)c([N+](=O)[O-])c1. The highest BCUT2D eigenvalue weighted by Gasteiger charge is 2.25. The van der Waals surface area contributed by atoms with Crippen molar-refractivity contribution in [2.75, 3.05) is 12.4 Å². The Kier molecular flexibility index (Phi) is 5.02. The maximum atomic E-state index is 11.8. The van der Waals surface area contributed by atoms with E-state index >= 15 is 0 Å². The van der Waals surface area contributed by atoms with E-state index in [1.807, 2.05) is 0 Å². The predicted octanol–water partition coefficient (Wildman–Crippen LogP) is 2.49. The standard InChI is InChI=1S/C14H21N3O4S/c1-10-5-3-4-6-12(10)16-13-8-7-11(22(20,21)15-2)9-14(13)17(18)19/h7-10,12,15-16H,3-6H2,1-2H3/t10-,12-/m0/s1. The molecule has 2 atom stereocenters. The topological polar surface area (TPSA) is 101 Å². The first kappa shape index (κ1) is 16.7. The van der Waals surface area contributed by atoms with Gasteiger partial charge in [0.05, 0.1) is 9.82 Å². The van der Waals surface area contributed by atoms with E-state index in [4.69, 9.17) is 0 Å². The Hall–Kier alpha value is -1.67. The third kappa shape index (κ3) is 3.56. The van der Waals surface area contributed by atoms with Crippen LogP contribution in [-0.2, 0) is 10.0 Å². The Labute approximate surface area is 130 Å². The van der Waals surface area contributed by atoms with Crippen LogP contribution >= 0.6 is 0 Å². The zero-order valence-corrected chi connectivity index (χ0v) is 13.5. The molecule has 22 heavy (non-hydrogen) atoms. The Morgan fingerprint density at radius 3 is 2.55 bits per heavy atom. The summed E-state index contributed by atoms with van der Waals surface area (Å²) in [5, 5.41) is 14.5. The van der Waals surface area contributed by atoms with Gasteiger partial charge in [-0.3, -0.25) is 10.1 Å². The van der Waals surface area contributed by atoms with Gasteiger partial charge in [0.2, 0.25) is 10.0 Å². The second-order valence-electron chi connectivity index (χ2n) is 5.66. The molecule has 1 aromatic rings. The number of nitro benzene ring substituents is 1. The molecule has 0 spiro atoms. The smallest absolute Gasteiger partial charge is 0.293 e. The first-order chi connectivity index (χ1) is 10.3. The summed E-state index contributed by atoms with van der Waals surface area (Å²) in [6, 6.07) is 4.14. The number of nitro groups is 1. The molecular weight excluding hydrogens is 306 g/mol. The lowest BCUT2D eigenvalue weighted by atomic mass is 9.86. The average Bonchev–Trinajstić information content (AvgIpc) is 2.49. The summed E-state index contributed by atoms with van der Waals surface area (Å²) in [5.74, 6) is 0.439. The third-order valence-corrected chi connectivity index (χ3v) is 5.61. The Balaban J connectivity index is 2.33. The van der Waals surface area contributed by atoms with Crippen molar-refractivity contribution in [1.29, 1.82) is 0 Å². The van der Waals surface area contributed by atoms with Crippen molar-refractivity contribution in [2.45, 2.75) is 43.5 Å². The van der Waals surface area contributed by atoms with E-state index in [1.165, 1.54) is 25.6 Å². The fraction of sp³-hybridized carbons (Fsp3) is 0.571. The zero-order chi connectivity index (χ0) is 16.3. The summed E-state index contributed by atoms with van der Waals surface area (Å²) >= 11 is 0. The van der Waals surface area contributed by atoms with E-state index in [-0.39, 0.29) is 16.6 Å². The highest BCUT2D eigenvalue weighted by molar-refractivity contribution is 7.89. The molecule has 2 rings (SSSR count). The molecule has 1 aliphatic carbocycles. The van der Waals surface area contributed by atoms with Gasteiger partial charge in [0.25, 0.3) is 5.69 Å². The minimum atomic E-state index is -3.70. The monoisotopic (exact) mass is 327 g/mol. The molecule has 1 aliphatic rings. The van der Waals surface area contributed by atoms with Crippen LogP contribution in [0.5, 0.6) is 0 Å². The van der Waals surface area contributed by atoms with Crippen molar-refractivity contribution < 1.29 is 13.3 Å². The fourth-order valence-corrected chi connectivity index (χ4v) is 3.55. The van der Waals surface area contributed by atoms with Crippen molar-refractivity contribution >= 4 is 21.4 Å². The van der Waals surface area contributed by atoms with Gasteiger partial charge in [-0.25, -0.2) is 13.1 Å². The van der Waals surface area contributed by atoms with Gasteiger partial charge in [-0.2, -0.15) is 0 Å². The minimum Gasteiger partial charge on any atom is -0.376 e. The highest BCUT2D eigenvalue weighted by atomic mass is 32.2. The van der Waals surface area contributed by atoms with E-state index in [9.17, 15) is 18.5 Å². The van der Waals surface area contributed by atoms with Gasteiger partial charge in [0.1, 0.15) is 5.69 Å². The van der Waals surface area contributed by atoms with Crippen LogP contribution in [0.15, 0.2) is 23.1 Å². The number of nitrogens with zero attached hydrogens (tertiary/aromatic N) is 1. The van der Waals surface area contributed by atoms with E-state index in [0.29, 0.717) is 11.6 Å². The highest BCUT2D eigenvalue weighted by Crippen LogP contribution is 2.32. The van der Waals surface area contributed by atoms with Gasteiger partial charge < -0.3 is 5.32 Å². The third-order valence-electron chi connectivity index (χ3n) is 4.20. The zero-order valence-electron chi connectivity index (χ0n) is 12.7. The van der Waals surface area contributed by atoms with Gasteiger partial charge >= 0.3 is 0 Å². The second kappa shape index (κ2) is 6.62. The van der Waals surface area contributed by atoms with Crippen molar-refractivity contribution in [3.63, 3.8) is 0 Å². The summed E-state index contributed by atoms with van der Waals surface area (Å²) in [4.78, 5) is 10.6. The first-order valence-electron chi connectivity index (χ1n) is 7.33. The van der Waals surface area contributed by atoms with E-state index in [1.54, 1.807) is 0 Å². The van der Waals surface area contributed by atoms with E-state index in [2.05, 4.69) is 17.0 Å². The molecule has 0 heterocycles. The molecule has 0 aromatic heterocycles. The molecule has 1 aromatic carbocycles. The second-order valence-corrected chi connectivity index (χ2v) is 7.54. The van der Waals surface area contributed by atoms with E-state index < -0.39 is 14.9 Å². The summed E-state index contributed by atoms with van der Waals surface area (Å²) in [5.41, 5.74) is 0.160. The molecule has 0 radical (unpaired) electrons. The van der Waals surface area contributed by atoms with Gasteiger partial charge in [0.15, 0.2) is 0 Å². The quantitative estimate of drug-likeness (QED) is 0.639. The van der Waals surface area contributed by atoms with Gasteiger partial charge in [-0.15, -0.1) is 0 Å². The Bertz CT molecular complexity index is 660. The number of hydrogen-bond donors (Lipinski definition) is 2. The lowest BCUT2D eigenvalue weighted by molar-refractivity contribution is -0.384. The Morgan fingerprint density at radius 1 is 1.27 bits per heavy atom. The fourth-order valence-electron chi connectivity index (χ4n) is 2.80. The molecule has 1 saturated carbocycles. The van der Waals surface area contributed by atoms with Crippen LogP contribution in [0.25, 0.3) is 0 Å². The number of anilines is 1. The molecule has 8 heteroatoms. The van der Waals surface area contributed by atoms with Crippen LogP contribution in [0.1, 0.15) is 32.6 Å². The van der Waals surface area contributed by atoms with Crippen LogP contribution in [-0.4, -0.2) is 26.4 Å². The normalized spacial score (nSPS) is 22.3. The number of nitrogens with one attached hydrogen (secondary N) is 2. The number of benzene rings is 1. The molecule has 0 unspecified atom stereocenters. The molecule has 1 fully saturated rings. The molecule has 0 aliphatic heterocycles. The maximum absolute atomic E-state index is 11.8. The molecule has 122 valence electrons. The number of sulfonamides is 1. The minimum absolute atomic E-state index is 0.107. The molecule has 0 bridgehead atoms. The molecule has 2 N–H and O–H groups in total. The summed E-state index contributed by atoms with van der Waals surface area (Å²) in [7, 11) is -2.42. The molecule has 0 amide bonds. The van der Waals surface area contributed by atoms with Crippen LogP contribution in [0.2, 0.25) is 0 Å². The van der Waals surface area contributed by atoms with Gasteiger partial charge in [-0.05, 0) is 37.9 Å². The van der Waals surface area contributed by atoms with Crippen LogP contribution in [0, 0.1) is 16.0 Å². The summed E-state index contributed by atoms with van der Waals surface area (Å²) in [6.07, 6.45) is 4.34. The molecule has 7 nitrogen and oxygen atoms in total. The molecule has 0 saturated heterocycles. The van der Waals surface area contributed by atoms with Gasteiger partial charge in [0, 0.05) is 12.1 Å². The number of hydrogen-bond acceptors (Lipinski definition) is 5. The first-order valence-corrected chi connectivity index (χ1v) is 8.82. The van der Waals surface area contributed by atoms with Crippen LogP contribution in [0.4, 0.5) is 11.4 Å². The number of rotatable bonds is 5. The molecular formula is C14H21N3O4S. The van der Waals surface area contributed by atoms with E-state index in [0.717, 1.165) is 25.3 Å². The van der Waals surface area contributed by atoms with Crippen molar-refractivity contribution in [2.24, 2.45) is 5.92 Å². The average molecular weight is 327 g/mol. The van der Waals surface area contributed by atoms with Crippen molar-refractivity contribution in [1.82, 2.24) is 4.72 Å².